The van der Waals surface area contributed by atoms with Gasteiger partial charge in [-0.3, -0.25) is 10.1 Å². The molecule has 0 heterocycles. The molecule has 0 atom stereocenters. The van der Waals surface area contributed by atoms with Gasteiger partial charge in [-0.25, -0.2) is 0 Å². The number of nitrogens with two attached hydrogens (primary N) is 1. The second-order valence-electron chi connectivity index (χ2n) is 5.52. The number of fused-ring (bicyclic) bond motifs is 1. The molecule has 24 heavy (non-hydrogen) atoms. The van der Waals surface area contributed by atoms with Crippen LogP contribution in [0.5, 0.6) is 0 Å². The summed E-state index contributed by atoms with van der Waals surface area (Å²) in [5.74, 6) is 11.4. The highest BCUT2D eigenvalue weighted by molar-refractivity contribution is 6.01. The van der Waals surface area contributed by atoms with Crippen LogP contribution in [0.3, 0.4) is 0 Å². The average molecular weight is 320 g/mol. The Morgan fingerprint density at radius 3 is 2.58 bits per heavy atom. The van der Waals surface area contributed by atoms with Gasteiger partial charge in [0.15, 0.2) is 0 Å². The Labute approximate surface area is 142 Å². The van der Waals surface area contributed by atoms with E-state index in [9.17, 15) is 10.1 Å². The van der Waals surface area contributed by atoms with Crippen LogP contribution in [0.1, 0.15) is 44.6 Å². The van der Waals surface area contributed by atoms with E-state index >= 15 is 0 Å². The minimum Gasteiger partial charge on any atom is -0.397 e. The molecule has 4 nitrogen and oxygen atoms in total. The first kappa shape index (κ1) is 17.4. The van der Waals surface area contributed by atoms with Crippen molar-refractivity contribution < 1.29 is 4.92 Å². The maximum Gasteiger partial charge on any atom is 0.278 e. The minimum absolute atomic E-state index is 0.0108. The number of hydrogen-bond acceptors (Lipinski definition) is 3. The molecule has 2 aromatic rings. The number of nitrogens with zero attached hydrogens (tertiary/aromatic N) is 1. The summed E-state index contributed by atoms with van der Waals surface area (Å²) in [6, 6.07) is 8.44. The van der Waals surface area contributed by atoms with Crippen LogP contribution in [0.2, 0.25) is 0 Å². The van der Waals surface area contributed by atoms with Gasteiger partial charge in [0.25, 0.3) is 5.69 Å². The lowest BCUT2D eigenvalue weighted by Gasteiger charge is -2.05. The largest absolute Gasteiger partial charge is 0.397 e. The van der Waals surface area contributed by atoms with Crippen molar-refractivity contribution in [2.45, 2.75) is 39.0 Å². The second-order valence-corrected chi connectivity index (χ2v) is 5.52. The van der Waals surface area contributed by atoms with Gasteiger partial charge in [-0.1, -0.05) is 56.2 Å². The van der Waals surface area contributed by atoms with Gasteiger partial charge >= 0.3 is 0 Å². The number of unbranched alkanes of at least 4 members (excludes halogenated alkanes) is 4. The normalized spacial score (nSPS) is 9.71. The van der Waals surface area contributed by atoms with E-state index in [1.807, 2.05) is 0 Å². The Morgan fingerprint density at radius 2 is 1.88 bits per heavy atom. The van der Waals surface area contributed by atoms with E-state index in [2.05, 4.69) is 30.6 Å². The predicted molar refractivity (Wildman–Crippen MR) is 98.4 cm³/mol. The van der Waals surface area contributed by atoms with Gasteiger partial charge in [-0.2, -0.15) is 0 Å². The molecule has 0 bridgehead atoms. The number of rotatable bonds is 5. The zero-order valence-corrected chi connectivity index (χ0v) is 13.8. The molecule has 4 heteroatoms. The van der Waals surface area contributed by atoms with Crippen LogP contribution in [0.15, 0.2) is 30.3 Å². The van der Waals surface area contributed by atoms with Gasteiger partial charge in [0.05, 0.1) is 21.6 Å². The average Bonchev–Trinajstić information content (AvgIpc) is 2.59. The summed E-state index contributed by atoms with van der Waals surface area (Å²) in [7, 11) is 0. The topological polar surface area (TPSA) is 69.2 Å². The Bertz CT molecular complexity index is 864. The maximum absolute atomic E-state index is 11.3. The molecule has 0 fully saturated rings. The van der Waals surface area contributed by atoms with Crippen molar-refractivity contribution in [3.8, 4) is 23.7 Å². The molecule has 0 aliphatic carbocycles. The van der Waals surface area contributed by atoms with E-state index in [1.165, 1.54) is 25.3 Å². The van der Waals surface area contributed by atoms with E-state index in [-0.39, 0.29) is 5.69 Å². The standard InChI is InChI=1S/C20H20N2O2/c1-2-3-4-5-6-7-8-9-12-16-15-19(22(23)24)17-13-10-11-14-18(17)20(16)21/h10-11,13-15H,2-6,21H2,1H3. The van der Waals surface area contributed by atoms with Crippen molar-refractivity contribution in [3.63, 3.8) is 0 Å². The molecule has 0 radical (unpaired) electrons. The summed E-state index contributed by atoms with van der Waals surface area (Å²) in [4.78, 5) is 10.9. The first-order valence-corrected chi connectivity index (χ1v) is 8.09. The lowest BCUT2D eigenvalue weighted by molar-refractivity contribution is -0.383. The van der Waals surface area contributed by atoms with Crippen molar-refractivity contribution in [2.24, 2.45) is 0 Å². The number of non-ortho nitro benzene ring substituents is 1. The number of nitrogen functional groups attached to an aromatic ring is 1. The molecule has 0 unspecified atom stereocenters. The zero-order valence-electron chi connectivity index (χ0n) is 13.8. The van der Waals surface area contributed by atoms with E-state index in [4.69, 9.17) is 5.73 Å². The van der Waals surface area contributed by atoms with Crippen LogP contribution < -0.4 is 5.73 Å². The number of nitro groups is 1. The van der Waals surface area contributed by atoms with Crippen molar-refractivity contribution in [2.75, 3.05) is 5.73 Å². The van der Waals surface area contributed by atoms with Crippen molar-refractivity contribution in [1.29, 1.82) is 0 Å². The van der Waals surface area contributed by atoms with Crippen LogP contribution in [0, 0.1) is 33.8 Å². The second kappa shape index (κ2) is 8.60. The Kier molecular flexibility index (Phi) is 6.23. The third-order valence-corrected chi connectivity index (χ3v) is 3.76. The molecule has 0 aliphatic heterocycles. The van der Waals surface area contributed by atoms with Crippen molar-refractivity contribution in [1.82, 2.24) is 0 Å². The van der Waals surface area contributed by atoms with Crippen LogP contribution in [0.25, 0.3) is 10.8 Å². The third kappa shape index (κ3) is 4.27. The highest BCUT2D eigenvalue weighted by Crippen LogP contribution is 2.32. The Morgan fingerprint density at radius 1 is 1.12 bits per heavy atom. The van der Waals surface area contributed by atoms with Crippen LogP contribution in [-0.4, -0.2) is 4.92 Å². The van der Waals surface area contributed by atoms with Gasteiger partial charge in [0, 0.05) is 17.9 Å². The Hall–Kier alpha value is -2.98. The van der Waals surface area contributed by atoms with Crippen molar-refractivity contribution in [3.05, 3.63) is 46.0 Å². The monoisotopic (exact) mass is 320 g/mol. The molecule has 0 aliphatic rings. The summed E-state index contributed by atoms with van der Waals surface area (Å²) in [6.45, 7) is 2.17. The molecule has 0 spiro atoms. The van der Waals surface area contributed by atoms with E-state index < -0.39 is 4.92 Å². The highest BCUT2D eigenvalue weighted by Gasteiger charge is 2.16. The van der Waals surface area contributed by atoms with Gasteiger partial charge in [-0.05, 0) is 24.3 Å². The van der Waals surface area contributed by atoms with Crippen LogP contribution in [-0.2, 0) is 0 Å². The fourth-order valence-corrected chi connectivity index (χ4v) is 2.48. The number of benzene rings is 2. The molecule has 2 aromatic carbocycles. The lowest BCUT2D eigenvalue weighted by Crippen LogP contribution is -1.97. The summed E-state index contributed by atoms with van der Waals surface area (Å²) in [5, 5.41) is 12.4. The fraction of sp³-hybridized carbons (Fsp3) is 0.300. The van der Waals surface area contributed by atoms with Gasteiger partial charge in [0.2, 0.25) is 0 Å². The van der Waals surface area contributed by atoms with E-state index in [0.29, 0.717) is 22.0 Å². The predicted octanol–water partition coefficient (Wildman–Crippen LogP) is 4.66. The molecular formula is C20H20N2O2. The van der Waals surface area contributed by atoms with Gasteiger partial charge in [-0.15, -0.1) is 0 Å². The number of anilines is 1. The first-order chi connectivity index (χ1) is 11.6. The third-order valence-electron chi connectivity index (χ3n) is 3.76. The summed E-state index contributed by atoms with van der Waals surface area (Å²) >= 11 is 0. The molecule has 0 aromatic heterocycles. The van der Waals surface area contributed by atoms with Crippen LogP contribution in [0.4, 0.5) is 11.4 Å². The van der Waals surface area contributed by atoms with Gasteiger partial charge in [0.1, 0.15) is 0 Å². The summed E-state index contributed by atoms with van der Waals surface area (Å²) < 4.78 is 0. The Balaban J connectivity index is 2.25. The lowest BCUT2D eigenvalue weighted by atomic mass is 10.0. The molecule has 2 rings (SSSR count). The molecule has 0 saturated carbocycles. The first-order valence-electron chi connectivity index (χ1n) is 8.09. The number of hydrogen-bond donors (Lipinski definition) is 1. The van der Waals surface area contributed by atoms with Gasteiger partial charge < -0.3 is 5.73 Å². The van der Waals surface area contributed by atoms with Crippen LogP contribution >= 0.6 is 0 Å². The van der Waals surface area contributed by atoms with Crippen molar-refractivity contribution >= 4 is 22.1 Å². The maximum atomic E-state index is 11.3. The molecule has 2 N–H and O–H groups in total. The highest BCUT2D eigenvalue weighted by atomic mass is 16.6. The molecule has 0 amide bonds. The molecule has 122 valence electrons. The molecule has 0 saturated heterocycles. The smallest absolute Gasteiger partial charge is 0.278 e. The SMILES string of the molecule is CCCCCCC#CC#Cc1cc([N+](=O)[O-])c2ccccc2c1N. The number of nitro benzene ring substituents is 1. The summed E-state index contributed by atoms with van der Waals surface area (Å²) in [5.41, 5.74) is 7.02. The molecular weight excluding hydrogens is 300 g/mol. The minimum atomic E-state index is -0.410. The quantitative estimate of drug-likeness (QED) is 0.286. The fourth-order valence-electron chi connectivity index (χ4n) is 2.48. The zero-order chi connectivity index (χ0) is 17.4. The van der Waals surface area contributed by atoms with E-state index in [1.54, 1.807) is 24.3 Å². The summed E-state index contributed by atoms with van der Waals surface area (Å²) in [6.07, 6.45) is 5.51. The van der Waals surface area contributed by atoms with E-state index in [0.717, 1.165) is 12.8 Å².